The van der Waals surface area contributed by atoms with E-state index < -0.39 is 5.91 Å². The monoisotopic (exact) mass is 577 g/mol. The fourth-order valence-electron chi connectivity index (χ4n) is 3.42. The van der Waals surface area contributed by atoms with Crippen molar-refractivity contribution in [1.82, 2.24) is 5.32 Å². The standard InChI is InChI=1S/C29H24ClN3O4S2/c1-37-26-11-10-22(16-24(26)30)31-27(34)18-39-23-9-5-8-21(15-23)32-29(36)25(14-19-12-13-38-17-19)33-28(35)20-6-3-2-4-7-20/h2-17H,18H2,1H3,(H,31,34)(H,32,36)(H,33,35)/b25-14-. The van der Waals surface area contributed by atoms with E-state index in [0.29, 0.717) is 27.7 Å². The van der Waals surface area contributed by atoms with Crippen molar-refractivity contribution in [1.29, 1.82) is 0 Å². The molecule has 0 aliphatic carbocycles. The summed E-state index contributed by atoms with van der Waals surface area (Å²) in [6, 6.07) is 22.7. The number of halogens is 1. The Morgan fingerprint density at radius 1 is 0.949 bits per heavy atom. The molecular formula is C29H24ClN3O4S2. The molecule has 1 heterocycles. The summed E-state index contributed by atoms with van der Waals surface area (Å²) in [5.41, 5.74) is 2.44. The van der Waals surface area contributed by atoms with Gasteiger partial charge in [-0.3, -0.25) is 14.4 Å². The van der Waals surface area contributed by atoms with Crippen molar-refractivity contribution in [2.45, 2.75) is 4.90 Å². The van der Waals surface area contributed by atoms with Crippen LogP contribution in [-0.2, 0) is 9.59 Å². The Labute approximate surface area is 239 Å². The first-order valence-corrected chi connectivity index (χ1v) is 14.0. The highest BCUT2D eigenvalue weighted by Crippen LogP contribution is 2.28. The van der Waals surface area contributed by atoms with Crippen molar-refractivity contribution in [2.24, 2.45) is 0 Å². The molecule has 0 bridgehead atoms. The molecule has 0 atom stereocenters. The van der Waals surface area contributed by atoms with Gasteiger partial charge in [-0.05, 0) is 77.0 Å². The van der Waals surface area contributed by atoms with Crippen LogP contribution in [0.1, 0.15) is 15.9 Å². The molecule has 4 rings (SSSR count). The van der Waals surface area contributed by atoms with Crippen LogP contribution < -0.4 is 20.7 Å². The molecule has 4 aromatic rings. The number of thiophene rings is 1. The summed E-state index contributed by atoms with van der Waals surface area (Å²) in [5, 5.41) is 12.5. The summed E-state index contributed by atoms with van der Waals surface area (Å²) in [7, 11) is 1.52. The molecular weight excluding hydrogens is 554 g/mol. The zero-order valence-corrected chi connectivity index (χ0v) is 23.2. The predicted octanol–water partition coefficient (Wildman–Crippen LogP) is 6.55. The van der Waals surface area contributed by atoms with Crippen molar-refractivity contribution in [3.05, 3.63) is 111 Å². The molecule has 0 aliphatic rings. The number of methoxy groups -OCH3 is 1. The predicted molar refractivity (Wildman–Crippen MR) is 159 cm³/mol. The molecule has 0 fully saturated rings. The van der Waals surface area contributed by atoms with E-state index in [9.17, 15) is 14.4 Å². The summed E-state index contributed by atoms with van der Waals surface area (Å²) in [4.78, 5) is 39.2. The summed E-state index contributed by atoms with van der Waals surface area (Å²) in [6.07, 6.45) is 1.63. The van der Waals surface area contributed by atoms with Gasteiger partial charge in [0.2, 0.25) is 5.91 Å². The van der Waals surface area contributed by atoms with Crippen molar-refractivity contribution < 1.29 is 19.1 Å². The van der Waals surface area contributed by atoms with Gasteiger partial charge in [-0.15, -0.1) is 11.8 Å². The lowest BCUT2D eigenvalue weighted by atomic mass is 10.2. The highest BCUT2D eigenvalue weighted by Gasteiger charge is 2.16. The topological polar surface area (TPSA) is 96.5 Å². The Kier molecular flexibility index (Phi) is 9.80. The lowest BCUT2D eigenvalue weighted by Gasteiger charge is -2.12. The Hall–Kier alpha value is -4.05. The largest absolute Gasteiger partial charge is 0.495 e. The van der Waals surface area contributed by atoms with Crippen molar-refractivity contribution >= 4 is 69.9 Å². The van der Waals surface area contributed by atoms with Gasteiger partial charge in [-0.1, -0.05) is 35.9 Å². The Balaban J connectivity index is 1.39. The maximum absolute atomic E-state index is 13.2. The van der Waals surface area contributed by atoms with Gasteiger partial charge in [0.15, 0.2) is 0 Å². The Morgan fingerprint density at radius 2 is 1.74 bits per heavy atom. The van der Waals surface area contributed by atoms with E-state index in [1.54, 1.807) is 66.7 Å². The first-order valence-electron chi connectivity index (χ1n) is 11.7. The van der Waals surface area contributed by atoms with Crippen LogP contribution >= 0.6 is 34.7 Å². The van der Waals surface area contributed by atoms with Gasteiger partial charge < -0.3 is 20.7 Å². The second-order valence-electron chi connectivity index (χ2n) is 8.10. The minimum atomic E-state index is -0.471. The highest BCUT2D eigenvalue weighted by molar-refractivity contribution is 8.00. The Bertz CT molecular complexity index is 1490. The van der Waals surface area contributed by atoms with Crippen LogP contribution in [0.3, 0.4) is 0 Å². The van der Waals surface area contributed by atoms with Gasteiger partial charge in [0.1, 0.15) is 11.4 Å². The zero-order valence-electron chi connectivity index (χ0n) is 20.8. The molecule has 3 N–H and O–H groups in total. The minimum absolute atomic E-state index is 0.109. The van der Waals surface area contributed by atoms with Crippen LogP contribution in [-0.4, -0.2) is 30.6 Å². The molecule has 0 saturated carbocycles. The summed E-state index contributed by atoms with van der Waals surface area (Å²) in [6.45, 7) is 0. The molecule has 3 amide bonds. The molecule has 198 valence electrons. The molecule has 0 saturated heterocycles. The zero-order chi connectivity index (χ0) is 27.6. The van der Waals surface area contributed by atoms with E-state index >= 15 is 0 Å². The molecule has 3 aromatic carbocycles. The molecule has 0 unspecified atom stereocenters. The smallest absolute Gasteiger partial charge is 0.272 e. The third kappa shape index (κ3) is 8.22. The van der Waals surface area contributed by atoms with E-state index in [2.05, 4.69) is 16.0 Å². The maximum atomic E-state index is 13.2. The van der Waals surface area contributed by atoms with E-state index in [0.717, 1.165) is 10.5 Å². The van der Waals surface area contributed by atoms with Crippen molar-refractivity contribution in [3.8, 4) is 5.75 Å². The highest BCUT2D eigenvalue weighted by atomic mass is 35.5. The van der Waals surface area contributed by atoms with E-state index in [-0.39, 0.29) is 23.3 Å². The van der Waals surface area contributed by atoms with E-state index in [4.69, 9.17) is 16.3 Å². The number of anilines is 2. The third-order valence-corrected chi connectivity index (χ3v) is 7.27. The molecule has 0 spiro atoms. The van der Waals surface area contributed by atoms with Gasteiger partial charge in [-0.25, -0.2) is 0 Å². The van der Waals surface area contributed by atoms with Gasteiger partial charge in [-0.2, -0.15) is 11.3 Å². The van der Waals surface area contributed by atoms with E-state index in [1.165, 1.54) is 30.2 Å². The average molecular weight is 578 g/mol. The number of hydrogen-bond acceptors (Lipinski definition) is 6. The number of ether oxygens (including phenoxy) is 1. The summed E-state index contributed by atoms with van der Waals surface area (Å²) >= 11 is 8.93. The number of benzene rings is 3. The third-order valence-electron chi connectivity index (χ3n) is 5.28. The fraction of sp³-hybridized carbons (Fsp3) is 0.0690. The SMILES string of the molecule is COc1ccc(NC(=O)CSc2cccc(NC(=O)/C(=C/c3ccsc3)NC(=O)c3ccccc3)c2)cc1Cl. The number of rotatable bonds is 10. The van der Waals surface area contributed by atoms with E-state index in [1.807, 2.05) is 29.0 Å². The van der Waals surface area contributed by atoms with Gasteiger partial charge >= 0.3 is 0 Å². The van der Waals surface area contributed by atoms with Crippen LogP contribution in [0.15, 0.2) is 100 Å². The molecule has 10 heteroatoms. The quantitative estimate of drug-likeness (QED) is 0.147. The molecule has 1 aromatic heterocycles. The molecule has 0 aliphatic heterocycles. The lowest BCUT2D eigenvalue weighted by Crippen LogP contribution is -2.30. The van der Waals surface area contributed by atoms with Gasteiger partial charge in [0.25, 0.3) is 11.8 Å². The number of thioether (sulfide) groups is 1. The number of hydrogen-bond donors (Lipinski definition) is 3. The normalized spacial score (nSPS) is 11.0. The van der Waals surface area contributed by atoms with Crippen LogP contribution in [0.2, 0.25) is 5.02 Å². The number of carbonyl (C=O) groups is 3. The van der Waals surface area contributed by atoms with Gasteiger partial charge in [0, 0.05) is 21.8 Å². The second-order valence-corrected chi connectivity index (χ2v) is 10.3. The van der Waals surface area contributed by atoms with Crippen molar-refractivity contribution in [2.75, 3.05) is 23.5 Å². The molecule has 0 radical (unpaired) electrons. The number of nitrogens with one attached hydrogen (secondary N) is 3. The number of carbonyl (C=O) groups excluding carboxylic acids is 3. The molecule has 39 heavy (non-hydrogen) atoms. The minimum Gasteiger partial charge on any atom is -0.495 e. The molecule has 7 nitrogen and oxygen atoms in total. The van der Waals surface area contributed by atoms with Crippen LogP contribution in [0.4, 0.5) is 11.4 Å². The Morgan fingerprint density at radius 3 is 2.46 bits per heavy atom. The van der Waals surface area contributed by atoms with Crippen LogP contribution in [0.5, 0.6) is 5.75 Å². The van der Waals surface area contributed by atoms with Crippen molar-refractivity contribution in [3.63, 3.8) is 0 Å². The first kappa shape index (κ1) is 28.0. The number of amides is 3. The van der Waals surface area contributed by atoms with Crippen LogP contribution in [0, 0.1) is 0 Å². The summed E-state index contributed by atoms with van der Waals surface area (Å²) < 4.78 is 5.13. The average Bonchev–Trinajstić information content (AvgIpc) is 3.45. The lowest BCUT2D eigenvalue weighted by molar-refractivity contribution is -0.114. The second kappa shape index (κ2) is 13.7. The maximum Gasteiger partial charge on any atom is 0.272 e. The fourth-order valence-corrected chi connectivity index (χ4v) is 5.05. The van der Waals surface area contributed by atoms with Crippen LogP contribution in [0.25, 0.3) is 6.08 Å². The van der Waals surface area contributed by atoms with Gasteiger partial charge in [0.05, 0.1) is 17.9 Å². The summed E-state index contributed by atoms with van der Waals surface area (Å²) in [5.74, 6) is -0.393. The first-order chi connectivity index (χ1) is 18.9.